The molecule has 0 spiro atoms. The summed E-state index contributed by atoms with van der Waals surface area (Å²) in [4.78, 5) is 6.27. The number of nitrogens with zero attached hydrogens (tertiary/aromatic N) is 2. The molecule has 1 fully saturated rings. The molecule has 1 N–H and O–H groups in total. The van der Waals surface area contributed by atoms with Crippen molar-refractivity contribution in [1.82, 2.24) is 4.98 Å². The number of rotatable bonds is 2. The van der Waals surface area contributed by atoms with Gasteiger partial charge in [-0.2, -0.15) is 4.98 Å². The van der Waals surface area contributed by atoms with Gasteiger partial charge in [0.2, 0.25) is 0 Å². The predicted octanol–water partition coefficient (Wildman–Crippen LogP) is 1.01. The van der Waals surface area contributed by atoms with Crippen molar-refractivity contribution in [3.05, 3.63) is 12.0 Å². The van der Waals surface area contributed by atoms with Gasteiger partial charge >= 0.3 is 0 Å². The Labute approximate surface area is 77.2 Å². The highest BCUT2D eigenvalue weighted by molar-refractivity contribution is 5.28. The van der Waals surface area contributed by atoms with Crippen LogP contribution in [0.4, 0.5) is 6.01 Å². The number of anilines is 1. The average molecular weight is 182 g/mol. The Morgan fingerprint density at radius 3 is 3.15 bits per heavy atom. The highest BCUT2D eigenvalue weighted by Crippen LogP contribution is 2.22. The second-order valence-corrected chi connectivity index (χ2v) is 3.62. The molecule has 72 valence electrons. The van der Waals surface area contributed by atoms with E-state index in [1.165, 1.54) is 12.7 Å². The van der Waals surface area contributed by atoms with E-state index < -0.39 is 0 Å². The van der Waals surface area contributed by atoms with Gasteiger partial charge in [0.05, 0.1) is 6.61 Å². The SMILES string of the molecule is CC1CCN(c2nc(CO)co2)C1. The Kier molecular flexibility index (Phi) is 2.22. The van der Waals surface area contributed by atoms with Crippen molar-refractivity contribution >= 4 is 6.01 Å². The zero-order valence-electron chi connectivity index (χ0n) is 7.73. The van der Waals surface area contributed by atoms with Crippen molar-refractivity contribution in [1.29, 1.82) is 0 Å². The second kappa shape index (κ2) is 3.38. The average Bonchev–Trinajstić information content (AvgIpc) is 2.71. The van der Waals surface area contributed by atoms with Crippen molar-refractivity contribution in [2.75, 3.05) is 18.0 Å². The maximum absolute atomic E-state index is 8.80. The summed E-state index contributed by atoms with van der Waals surface area (Å²) >= 11 is 0. The van der Waals surface area contributed by atoms with Crippen LogP contribution < -0.4 is 4.90 Å². The molecule has 1 aliphatic heterocycles. The van der Waals surface area contributed by atoms with E-state index in [9.17, 15) is 0 Å². The topological polar surface area (TPSA) is 49.5 Å². The highest BCUT2D eigenvalue weighted by Gasteiger charge is 2.22. The molecule has 1 aromatic heterocycles. The second-order valence-electron chi connectivity index (χ2n) is 3.62. The fraction of sp³-hybridized carbons (Fsp3) is 0.667. The van der Waals surface area contributed by atoms with Gasteiger partial charge in [0, 0.05) is 13.1 Å². The smallest absolute Gasteiger partial charge is 0.297 e. The van der Waals surface area contributed by atoms with E-state index in [-0.39, 0.29) is 6.61 Å². The number of hydrogen-bond donors (Lipinski definition) is 1. The van der Waals surface area contributed by atoms with Crippen LogP contribution >= 0.6 is 0 Å². The summed E-state index contributed by atoms with van der Waals surface area (Å²) in [5.41, 5.74) is 0.606. The van der Waals surface area contributed by atoms with Crippen molar-refractivity contribution in [3.8, 4) is 0 Å². The van der Waals surface area contributed by atoms with E-state index in [0.29, 0.717) is 17.6 Å². The predicted molar refractivity (Wildman–Crippen MR) is 48.4 cm³/mol. The minimum Gasteiger partial charge on any atom is -0.432 e. The maximum Gasteiger partial charge on any atom is 0.297 e. The van der Waals surface area contributed by atoms with Crippen LogP contribution in [-0.2, 0) is 6.61 Å². The number of oxazole rings is 1. The van der Waals surface area contributed by atoms with Crippen LogP contribution in [0.5, 0.6) is 0 Å². The lowest BCUT2D eigenvalue weighted by Crippen LogP contribution is -2.19. The molecule has 1 aliphatic rings. The molecule has 2 heterocycles. The van der Waals surface area contributed by atoms with Gasteiger partial charge in [-0.05, 0) is 12.3 Å². The summed E-state index contributed by atoms with van der Waals surface area (Å²) in [5, 5.41) is 8.80. The molecule has 1 unspecified atom stereocenters. The van der Waals surface area contributed by atoms with Crippen LogP contribution in [0.25, 0.3) is 0 Å². The van der Waals surface area contributed by atoms with E-state index in [1.54, 1.807) is 0 Å². The van der Waals surface area contributed by atoms with Gasteiger partial charge in [-0.1, -0.05) is 6.92 Å². The Bertz CT molecular complexity index is 285. The fourth-order valence-corrected chi connectivity index (χ4v) is 1.62. The van der Waals surface area contributed by atoms with Crippen molar-refractivity contribution < 1.29 is 9.52 Å². The third-order valence-corrected chi connectivity index (χ3v) is 2.40. The Morgan fingerprint density at radius 2 is 2.62 bits per heavy atom. The lowest BCUT2D eigenvalue weighted by atomic mass is 10.2. The first kappa shape index (κ1) is 8.56. The van der Waals surface area contributed by atoms with Gasteiger partial charge in [0.25, 0.3) is 6.01 Å². The summed E-state index contributed by atoms with van der Waals surface area (Å²) in [7, 11) is 0. The number of aromatic nitrogens is 1. The lowest BCUT2D eigenvalue weighted by molar-refractivity contribution is 0.276. The molecular weight excluding hydrogens is 168 g/mol. The summed E-state index contributed by atoms with van der Waals surface area (Å²) in [6.07, 6.45) is 2.70. The van der Waals surface area contributed by atoms with Crippen LogP contribution in [0.1, 0.15) is 19.0 Å². The van der Waals surface area contributed by atoms with Gasteiger partial charge < -0.3 is 14.4 Å². The molecule has 1 aromatic rings. The van der Waals surface area contributed by atoms with Crippen LogP contribution in [0.15, 0.2) is 10.7 Å². The molecule has 1 atom stereocenters. The molecule has 4 nitrogen and oxygen atoms in total. The number of aliphatic hydroxyl groups excluding tert-OH is 1. The Hall–Kier alpha value is -1.03. The zero-order chi connectivity index (χ0) is 9.26. The van der Waals surface area contributed by atoms with Gasteiger partial charge in [-0.3, -0.25) is 0 Å². The van der Waals surface area contributed by atoms with E-state index in [4.69, 9.17) is 9.52 Å². The molecule has 4 heteroatoms. The largest absolute Gasteiger partial charge is 0.432 e. The van der Waals surface area contributed by atoms with E-state index in [1.807, 2.05) is 0 Å². The minimum atomic E-state index is -0.0487. The molecule has 0 saturated carbocycles. The van der Waals surface area contributed by atoms with Crippen LogP contribution in [-0.4, -0.2) is 23.2 Å². The van der Waals surface area contributed by atoms with Gasteiger partial charge in [0.1, 0.15) is 12.0 Å². The third-order valence-electron chi connectivity index (χ3n) is 2.40. The molecule has 0 amide bonds. The molecule has 0 radical (unpaired) electrons. The van der Waals surface area contributed by atoms with Crippen LogP contribution in [0.3, 0.4) is 0 Å². The molecule has 0 bridgehead atoms. The van der Waals surface area contributed by atoms with Crippen LogP contribution in [0, 0.1) is 5.92 Å². The summed E-state index contributed by atoms with van der Waals surface area (Å²) in [5.74, 6) is 0.712. The monoisotopic (exact) mass is 182 g/mol. The van der Waals surface area contributed by atoms with E-state index >= 15 is 0 Å². The van der Waals surface area contributed by atoms with E-state index in [0.717, 1.165) is 13.1 Å². The van der Waals surface area contributed by atoms with Crippen molar-refractivity contribution in [2.24, 2.45) is 5.92 Å². The standard InChI is InChI=1S/C9H14N2O2/c1-7-2-3-11(4-7)9-10-8(5-12)6-13-9/h6-7,12H,2-5H2,1H3. The van der Waals surface area contributed by atoms with E-state index in [2.05, 4.69) is 16.8 Å². The van der Waals surface area contributed by atoms with Gasteiger partial charge in [0.15, 0.2) is 0 Å². The first-order chi connectivity index (χ1) is 6.29. The molecule has 0 aliphatic carbocycles. The number of aliphatic hydroxyl groups is 1. The summed E-state index contributed by atoms with van der Waals surface area (Å²) in [6, 6.07) is 0.647. The molecule has 2 rings (SSSR count). The first-order valence-corrected chi connectivity index (χ1v) is 4.60. The van der Waals surface area contributed by atoms with Crippen molar-refractivity contribution in [2.45, 2.75) is 20.0 Å². The first-order valence-electron chi connectivity index (χ1n) is 4.60. The fourth-order valence-electron chi connectivity index (χ4n) is 1.62. The quantitative estimate of drug-likeness (QED) is 0.741. The van der Waals surface area contributed by atoms with Crippen molar-refractivity contribution in [3.63, 3.8) is 0 Å². The lowest BCUT2D eigenvalue weighted by Gasteiger charge is -2.11. The molecular formula is C9H14N2O2. The highest BCUT2D eigenvalue weighted by atomic mass is 16.4. The third kappa shape index (κ3) is 1.67. The molecule has 1 saturated heterocycles. The summed E-state index contributed by atoms with van der Waals surface area (Å²) in [6.45, 7) is 4.18. The normalized spacial score (nSPS) is 22.6. The molecule has 13 heavy (non-hydrogen) atoms. The van der Waals surface area contributed by atoms with Gasteiger partial charge in [-0.25, -0.2) is 0 Å². The zero-order valence-corrected chi connectivity index (χ0v) is 7.73. The maximum atomic E-state index is 8.80. The Balaban J connectivity index is 2.08. The molecule has 0 aromatic carbocycles. The number of hydrogen-bond acceptors (Lipinski definition) is 4. The van der Waals surface area contributed by atoms with Crippen LogP contribution in [0.2, 0.25) is 0 Å². The Morgan fingerprint density at radius 1 is 1.77 bits per heavy atom. The summed E-state index contributed by atoms with van der Waals surface area (Å²) < 4.78 is 5.24. The minimum absolute atomic E-state index is 0.0487. The van der Waals surface area contributed by atoms with Gasteiger partial charge in [-0.15, -0.1) is 0 Å².